The molecule has 102 valence electrons. The Kier molecular flexibility index (Phi) is 5.03. The van der Waals surface area contributed by atoms with Crippen LogP contribution in [0.15, 0.2) is 24.4 Å². The summed E-state index contributed by atoms with van der Waals surface area (Å²) in [7, 11) is 0. The van der Waals surface area contributed by atoms with Crippen LogP contribution in [0.2, 0.25) is 5.02 Å². The zero-order chi connectivity index (χ0) is 13.7. The van der Waals surface area contributed by atoms with E-state index in [4.69, 9.17) is 11.6 Å². The number of aromatic nitrogens is 1. The summed E-state index contributed by atoms with van der Waals surface area (Å²) in [4.78, 5) is 11.1. The minimum atomic E-state index is 0.718. The number of benzene rings is 1. The minimum Gasteiger partial charge on any atom is -0.347 e. The fourth-order valence-corrected chi connectivity index (χ4v) is 2.62. The maximum absolute atomic E-state index is 11.1. The number of hydrogen-bond donors (Lipinski definition) is 0. The summed E-state index contributed by atoms with van der Waals surface area (Å²) >= 11 is 6.04. The van der Waals surface area contributed by atoms with Gasteiger partial charge in [-0.2, -0.15) is 0 Å². The van der Waals surface area contributed by atoms with Crippen LogP contribution in [0, 0.1) is 0 Å². The van der Waals surface area contributed by atoms with Crippen LogP contribution >= 0.6 is 11.6 Å². The van der Waals surface area contributed by atoms with Gasteiger partial charge in [0.15, 0.2) is 6.29 Å². The third kappa shape index (κ3) is 3.38. The Morgan fingerprint density at radius 1 is 1.21 bits per heavy atom. The Labute approximate surface area is 119 Å². The maximum atomic E-state index is 11.1. The summed E-state index contributed by atoms with van der Waals surface area (Å²) in [6.07, 6.45) is 9.10. The zero-order valence-corrected chi connectivity index (χ0v) is 12.1. The van der Waals surface area contributed by atoms with Crippen molar-refractivity contribution in [3.8, 4) is 0 Å². The van der Waals surface area contributed by atoms with Crippen LogP contribution in [0.3, 0.4) is 0 Å². The van der Waals surface area contributed by atoms with E-state index in [9.17, 15) is 4.79 Å². The molecule has 0 fully saturated rings. The van der Waals surface area contributed by atoms with Crippen molar-refractivity contribution in [3.05, 3.63) is 35.0 Å². The van der Waals surface area contributed by atoms with Gasteiger partial charge in [0.25, 0.3) is 0 Å². The molecule has 3 heteroatoms. The smallest absolute Gasteiger partial charge is 0.152 e. The summed E-state index contributed by atoms with van der Waals surface area (Å²) in [5.74, 6) is 0. The molecule has 0 aliphatic heterocycles. The number of aldehydes is 1. The van der Waals surface area contributed by atoms with Crippen LogP contribution in [0.4, 0.5) is 0 Å². The molecule has 0 N–H and O–H groups in total. The normalized spacial score (nSPS) is 11.1. The molecule has 0 bridgehead atoms. The first-order valence-corrected chi connectivity index (χ1v) is 7.37. The third-order valence-electron chi connectivity index (χ3n) is 3.50. The number of unbranched alkanes of at least 4 members (excludes halogenated alkanes) is 4. The lowest BCUT2D eigenvalue weighted by Crippen LogP contribution is -1.96. The van der Waals surface area contributed by atoms with E-state index in [0.29, 0.717) is 0 Å². The van der Waals surface area contributed by atoms with Gasteiger partial charge in [0.2, 0.25) is 0 Å². The molecule has 0 unspecified atom stereocenters. The van der Waals surface area contributed by atoms with E-state index in [-0.39, 0.29) is 0 Å². The van der Waals surface area contributed by atoms with Crippen molar-refractivity contribution in [1.29, 1.82) is 0 Å². The summed E-state index contributed by atoms with van der Waals surface area (Å²) in [6, 6.07) is 5.70. The number of nitrogens with zero attached hydrogens (tertiary/aromatic N) is 1. The average Bonchev–Trinajstić information content (AvgIpc) is 2.76. The lowest BCUT2D eigenvalue weighted by Gasteiger charge is -2.05. The molecule has 0 atom stereocenters. The summed E-state index contributed by atoms with van der Waals surface area (Å²) < 4.78 is 2.15. The second-order valence-corrected chi connectivity index (χ2v) is 5.41. The topological polar surface area (TPSA) is 22.0 Å². The molecule has 0 saturated carbocycles. The van der Waals surface area contributed by atoms with E-state index >= 15 is 0 Å². The van der Waals surface area contributed by atoms with Crippen molar-refractivity contribution >= 4 is 28.8 Å². The van der Waals surface area contributed by atoms with E-state index < -0.39 is 0 Å². The minimum absolute atomic E-state index is 0.718. The Hall–Kier alpha value is -1.28. The summed E-state index contributed by atoms with van der Waals surface area (Å²) in [6.45, 7) is 3.17. The quantitative estimate of drug-likeness (QED) is 0.511. The van der Waals surface area contributed by atoms with E-state index in [1.54, 1.807) is 0 Å². The SMILES string of the molecule is CCCCCCCn1cc(C=O)c2ccc(Cl)cc21. The van der Waals surface area contributed by atoms with Crippen molar-refractivity contribution in [2.75, 3.05) is 0 Å². The molecule has 2 rings (SSSR count). The highest BCUT2D eigenvalue weighted by Gasteiger charge is 2.08. The van der Waals surface area contributed by atoms with E-state index in [1.165, 1.54) is 25.7 Å². The van der Waals surface area contributed by atoms with Gasteiger partial charge in [-0.05, 0) is 18.6 Å². The lowest BCUT2D eigenvalue weighted by atomic mass is 10.1. The van der Waals surface area contributed by atoms with Crippen molar-refractivity contribution in [2.45, 2.75) is 45.6 Å². The van der Waals surface area contributed by atoms with Crippen LogP contribution in [0.25, 0.3) is 10.9 Å². The van der Waals surface area contributed by atoms with Gasteiger partial charge in [-0.25, -0.2) is 0 Å². The largest absolute Gasteiger partial charge is 0.347 e. The number of halogens is 1. The zero-order valence-electron chi connectivity index (χ0n) is 11.4. The highest BCUT2D eigenvalue weighted by molar-refractivity contribution is 6.31. The molecule has 0 aliphatic rings. The number of carbonyl (C=O) groups excluding carboxylic acids is 1. The molecular formula is C16H20ClNO. The first-order chi connectivity index (χ1) is 9.26. The highest BCUT2D eigenvalue weighted by Crippen LogP contribution is 2.24. The van der Waals surface area contributed by atoms with Crippen LogP contribution < -0.4 is 0 Å². The van der Waals surface area contributed by atoms with Crippen LogP contribution in [-0.4, -0.2) is 10.9 Å². The van der Waals surface area contributed by atoms with Gasteiger partial charge in [0.1, 0.15) is 0 Å². The van der Waals surface area contributed by atoms with Crippen molar-refractivity contribution in [1.82, 2.24) is 4.57 Å². The highest BCUT2D eigenvalue weighted by atomic mass is 35.5. The van der Waals surface area contributed by atoms with Crippen molar-refractivity contribution < 1.29 is 4.79 Å². The van der Waals surface area contributed by atoms with Gasteiger partial charge in [0.05, 0.1) is 5.52 Å². The molecular weight excluding hydrogens is 258 g/mol. The monoisotopic (exact) mass is 277 g/mol. The van der Waals surface area contributed by atoms with Crippen LogP contribution in [0.1, 0.15) is 49.4 Å². The second kappa shape index (κ2) is 6.76. The predicted octanol–water partition coefficient (Wildman–Crippen LogP) is 5.08. The van der Waals surface area contributed by atoms with Crippen LogP contribution in [-0.2, 0) is 6.54 Å². The number of carbonyl (C=O) groups is 1. The molecule has 19 heavy (non-hydrogen) atoms. The maximum Gasteiger partial charge on any atom is 0.152 e. The third-order valence-corrected chi connectivity index (χ3v) is 3.74. The fraction of sp³-hybridized carbons (Fsp3) is 0.438. The van der Waals surface area contributed by atoms with Gasteiger partial charge in [-0.1, -0.05) is 50.3 Å². The standard InChI is InChI=1S/C16H20ClNO/c1-2-3-4-5-6-9-18-11-13(12-19)15-8-7-14(17)10-16(15)18/h7-8,10-12H,2-6,9H2,1H3. The van der Waals surface area contributed by atoms with Gasteiger partial charge >= 0.3 is 0 Å². The molecule has 2 aromatic rings. The number of rotatable bonds is 7. The molecule has 1 heterocycles. The Bertz CT molecular complexity index is 559. The fourth-order valence-electron chi connectivity index (χ4n) is 2.46. The van der Waals surface area contributed by atoms with Gasteiger partial charge in [-0.3, -0.25) is 4.79 Å². The van der Waals surface area contributed by atoms with Crippen LogP contribution in [0.5, 0.6) is 0 Å². The Balaban J connectivity index is 2.13. The van der Waals surface area contributed by atoms with E-state index in [2.05, 4.69) is 11.5 Å². The Morgan fingerprint density at radius 3 is 2.74 bits per heavy atom. The molecule has 0 aliphatic carbocycles. The number of hydrogen-bond acceptors (Lipinski definition) is 1. The number of fused-ring (bicyclic) bond motifs is 1. The van der Waals surface area contributed by atoms with Gasteiger partial charge < -0.3 is 4.57 Å². The predicted molar refractivity (Wildman–Crippen MR) is 81.1 cm³/mol. The molecule has 1 aromatic heterocycles. The Morgan fingerprint density at radius 2 is 2.00 bits per heavy atom. The molecule has 0 amide bonds. The first kappa shape index (κ1) is 14.1. The summed E-state index contributed by atoms with van der Waals surface area (Å²) in [5.41, 5.74) is 1.81. The van der Waals surface area contributed by atoms with Crippen molar-refractivity contribution in [3.63, 3.8) is 0 Å². The molecule has 0 spiro atoms. The average molecular weight is 278 g/mol. The van der Waals surface area contributed by atoms with Crippen molar-refractivity contribution in [2.24, 2.45) is 0 Å². The lowest BCUT2D eigenvalue weighted by molar-refractivity contribution is 0.112. The molecule has 0 radical (unpaired) electrons. The molecule has 0 saturated heterocycles. The molecule has 2 nitrogen and oxygen atoms in total. The second-order valence-electron chi connectivity index (χ2n) is 4.97. The molecule has 1 aromatic carbocycles. The van der Waals surface area contributed by atoms with Gasteiger partial charge in [-0.15, -0.1) is 0 Å². The number of aryl methyl sites for hydroxylation is 1. The first-order valence-electron chi connectivity index (χ1n) is 7.00. The van der Waals surface area contributed by atoms with E-state index in [0.717, 1.165) is 40.7 Å². The van der Waals surface area contributed by atoms with E-state index in [1.807, 2.05) is 24.4 Å². The summed E-state index contributed by atoms with van der Waals surface area (Å²) in [5, 5.41) is 1.71. The van der Waals surface area contributed by atoms with Gasteiger partial charge in [0, 0.05) is 28.7 Å².